The van der Waals surface area contributed by atoms with E-state index in [0.29, 0.717) is 15.6 Å². The Labute approximate surface area is 182 Å². The highest BCUT2D eigenvalue weighted by atomic mass is 35.5. The molecule has 30 heavy (non-hydrogen) atoms. The summed E-state index contributed by atoms with van der Waals surface area (Å²) in [5.41, 5.74) is 2.88. The molecule has 6 nitrogen and oxygen atoms in total. The number of nitro groups is 1. The first-order chi connectivity index (χ1) is 14.2. The Morgan fingerprint density at radius 1 is 1.13 bits per heavy atom. The van der Waals surface area contributed by atoms with Gasteiger partial charge < -0.3 is 4.57 Å². The average molecular weight is 440 g/mol. The van der Waals surface area contributed by atoms with Crippen molar-refractivity contribution >= 4 is 40.7 Å². The predicted octanol–water partition coefficient (Wildman–Crippen LogP) is 6.10. The number of Topliss-reactive ketones (excluding diaryl/α,β-unsaturated/α-hetero) is 1. The van der Waals surface area contributed by atoms with E-state index in [1.165, 1.54) is 24.3 Å². The highest BCUT2D eigenvalue weighted by Gasteiger charge is 2.17. The Balaban J connectivity index is 2.04. The highest BCUT2D eigenvalue weighted by Crippen LogP contribution is 2.28. The molecule has 0 aliphatic carbocycles. The summed E-state index contributed by atoms with van der Waals surface area (Å²) in [6.45, 7) is 3.75. The molecule has 0 radical (unpaired) electrons. The minimum absolute atomic E-state index is 0.0790. The Morgan fingerprint density at radius 3 is 2.50 bits per heavy atom. The number of rotatable bonds is 5. The van der Waals surface area contributed by atoms with Crippen molar-refractivity contribution < 1.29 is 9.72 Å². The number of benzene rings is 2. The monoisotopic (exact) mass is 439 g/mol. The van der Waals surface area contributed by atoms with E-state index in [0.717, 1.165) is 23.1 Å². The fourth-order valence-corrected chi connectivity index (χ4v) is 3.47. The van der Waals surface area contributed by atoms with Gasteiger partial charge in [-0.2, -0.15) is 5.26 Å². The lowest BCUT2D eigenvalue weighted by Crippen LogP contribution is -2.03. The lowest BCUT2D eigenvalue weighted by molar-refractivity contribution is -0.384. The standard InChI is InChI=1S/C22H15Cl2N3O3/c1-13-8-16(14(2)26(13)18-6-7-20(23)21(24)11-18)9-17(12-25)22(28)15-4-3-5-19(10-15)27(29)30/h3-11H,1-2H3/b17-9+. The second kappa shape index (κ2) is 8.54. The van der Waals surface area contributed by atoms with Crippen molar-refractivity contribution in [3.05, 3.63) is 96.8 Å². The van der Waals surface area contributed by atoms with E-state index in [9.17, 15) is 20.2 Å². The molecule has 0 saturated carbocycles. The van der Waals surface area contributed by atoms with Crippen molar-refractivity contribution in [3.8, 4) is 11.8 Å². The van der Waals surface area contributed by atoms with Gasteiger partial charge in [-0.05, 0) is 49.8 Å². The predicted molar refractivity (Wildman–Crippen MR) is 116 cm³/mol. The molecule has 0 spiro atoms. The Bertz CT molecular complexity index is 1250. The molecule has 150 valence electrons. The minimum Gasteiger partial charge on any atom is -0.318 e. The van der Waals surface area contributed by atoms with Crippen molar-refractivity contribution in [3.63, 3.8) is 0 Å². The zero-order valence-electron chi connectivity index (χ0n) is 16.0. The van der Waals surface area contributed by atoms with Crippen LogP contribution < -0.4 is 0 Å². The first-order valence-corrected chi connectivity index (χ1v) is 9.54. The number of ketones is 1. The molecule has 0 atom stereocenters. The van der Waals surface area contributed by atoms with Crippen LogP contribution in [0.1, 0.15) is 27.3 Å². The van der Waals surface area contributed by atoms with Gasteiger partial charge in [0.1, 0.15) is 11.6 Å². The molecule has 0 aliphatic rings. The first-order valence-electron chi connectivity index (χ1n) is 8.78. The van der Waals surface area contributed by atoms with Gasteiger partial charge in [0.05, 0.1) is 15.0 Å². The molecule has 0 aliphatic heterocycles. The summed E-state index contributed by atoms with van der Waals surface area (Å²) in [5, 5.41) is 21.4. The zero-order valence-corrected chi connectivity index (χ0v) is 17.5. The van der Waals surface area contributed by atoms with Crippen LogP contribution in [0, 0.1) is 35.3 Å². The molecule has 3 aromatic rings. The van der Waals surface area contributed by atoms with Gasteiger partial charge in [0.15, 0.2) is 0 Å². The molecule has 0 amide bonds. The van der Waals surface area contributed by atoms with Gasteiger partial charge in [0, 0.05) is 34.8 Å². The van der Waals surface area contributed by atoms with Crippen LogP contribution >= 0.6 is 23.2 Å². The molecule has 8 heteroatoms. The highest BCUT2D eigenvalue weighted by molar-refractivity contribution is 6.42. The molecule has 0 bridgehead atoms. The Hall–Kier alpha value is -3.40. The SMILES string of the molecule is Cc1cc(/C=C(\C#N)C(=O)c2cccc([N+](=O)[O-])c2)c(C)n1-c1ccc(Cl)c(Cl)c1. The van der Waals surface area contributed by atoms with Crippen LogP contribution in [0.25, 0.3) is 11.8 Å². The van der Waals surface area contributed by atoms with Crippen molar-refractivity contribution in [2.45, 2.75) is 13.8 Å². The van der Waals surface area contributed by atoms with Crippen LogP contribution in [0.5, 0.6) is 0 Å². The van der Waals surface area contributed by atoms with Crippen LogP contribution in [0.4, 0.5) is 5.69 Å². The quantitative estimate of drug-likeness (QED) is 0.158. The van der Waals surface area contributed by atoms with E-state index in [4.69, 9.17) is 23.2 Å². The van der Waals surface area contributed by atoms with Gasteiger partial charge in [-0.3, -0.25) is 14.9 Å². The lowest BCUT2D eigenvalue weighted by atomic mass is 10.0. The number of nitro benzene ring substituents is 1. The van der Waals surface area contributed by atoms with E-state index in [1.54, 1.807) is 12.1 Å². The van der Waals surface area contributed by atoms with E-state index in [-0.39, 0.29) is 16.8 Å². The van der Waals surface area contributed by atoms with E-state index in [2.05, 4.69) is 0 Å². The largest absolute Gasteiger partial charge is 0.318 e. The molecular formula is C22H15Cl2N3O3. The molecule has 0 N–H and O–H groups in total. The van der Waals surface area contributed by atoms with Crippen molar-refractivity contribution in [2.75, 3.05) is 0 Å². The summed E-state index contributed by atoms with van der Waals surface area (Å²) in [5.74, 6) is -0.583. The number of nitrogens with zero attached hydrogens (tertiary/aromatic N) is 3. The van der Waals surface area contributed by atoms with Gasteiger partial charge in [0.25, 0.3) is 5.69 Å². The molecule has 0 saturated heterocycles. The summed E-state index contributed by atoms with van der Waals surface area (Å²) in [4.78, 5) is 23.1. The van der Waals surface area contributed by atoms with Crippen molar-refractivity contribution in [2.24, 2.45) is 0 Å². The number of nitriles is 1. The molecule has 2 aromatic carbocycles. The van der Waals surface area contributed by atoms with Crippen LogP contribution in [0.15, 0.2) is 54.1 Å². The number of aromatic nitrogens is 1. The smallest absolute Gasteiger partial charge is 0.270 e. The molecule has 0 fully saturated rings. The normalized spacial score (nSPS) is 11.2. The number of hydrogen-bond donors (Lipinski definition) is 0. The number of allylic oxidation sites excluding steroid dienone is 1. The number of halogens is 2. The maximum Gasteiger partial charge on any atom is 0.270 e. The Kier molecular flexibility index (Phi) is 6.06. The van der Waals surface area contributed by atoms with E-state index in [1.807, 2.05) is 36.6 Å². The number of carbonyl (C=O) groups is 1. The molecule has 1 heterocycles. The minimum atomic E-state index is -0.586. The first kappa shape index (κ1) is 21.3. The molecular weight excluding hydrogens is 425 g/mol. The van der Waals surface area contributed by atoms with Crippen molar-refractivity contribution in [1.29, 1.82) is 5.26 Å². The third kappa shape index (κ3) is 4.13. The van der Waals surface area contributed by atoms with Gasteiger partial charge in [-0.15, -0.1) is 0 Å². The summed E-state index contributed by atoms with van der Waals surface area (Å²) < 4.78 is 1.93. The summed E-state index contributed by atoms with van der Waals surface area (Å²) >= 11 is 12.1. The van der Waals surface area contributed by atoms with Gasteiger partial charge in [0.2, 0.25) is 5.78 Å². The third-order valence-electron chi connectivity index (χ3n) is 4.62. The summed E-state index contributed by atoms with van der Waals surface area (Å²) in [6.07, 6.45) is 1.48. The van der Waals surface area contributed by atoms with Gasteiger partial charge in [-0.25, -0.2) is 0 Å². The number of aryl methyl sites for hydroxylation is 1. The van der Waals surface area contributed by atoms with Crippen LogP contribution in [-0.4, -0.2) is 15.3 Å². The van der Waals surface area contributed by atoms with Crippen LogP contribution in [0.2, 0.25) is 10.0 Å². The summed E-state index contributed by atoms with van der Waals surface area (Å²) in [7, 11) is 0. The van der Waals surface area contributed by atoms with Crippen LogP contribution in [0.3, 0.4) is 0 Å². The maximum atomic E-state index is 12.8. The van der Waals surface area contributed by atoms with Gasteiger partial charge >= 0.3 is 0 Å². The second-order valence-corrected chi connectivity index (χ2v) is 7.38. The number of hydrogen-bond acceptors (Lipinski definition) is 4. The van der Waals surface area contributed by atoms with E-state index < -0.39 is 10.7 Å². The average Bonchev–Trinajstić information content (AvgIpc) is 3.00. The summed E-state index contributed by atoms with van der Waals surface area (Å²) in [6, 6.07) is 14.3. The maximum absolute atomic E-state index is 12.8. The lowest BCUT2D eigenvalue weighted by Gasteiger charge is -2.10. The van der Waals surface area contributed by atoms with E-state index >= 15 is 0 Å². The molecule has 1 aromatic heterocycles. The second-order valence-electron chi connectivity index (χ2n) is 6.57. The number of non-ortho nitro benzene ring substituents is 1. The van der Waals surface area contributed by atoms with Crippen molar-refractivity contribution in [1.82, 2.24) is 4.57 Å². The molecule has 0 unspecified atom stereocenters. The Morgan fingerprint density at radius 2 is 1.87 bits per heavy atom. The zero-order chi connectivity index (χ0) is 22.0. The molecule has 3 rings (SSSR count). The van der Waals surface area contributed by atoms with Gasteiger partial charge in [-0.1, -0.05) is 35.3 Å². The third-order valence-corrected chi connectivity index (χ3v) is 5.35. The fourth-order valence-electron chi connectivity index (χ4n) is 3.18. The number of carbonyl (C=O) groups excluding carboxylic acids is 1. The van der Waals surface area contributed by atoms with Crippen LogP contribution in [-0.2, 0) is 0 Å². The topological polar surface area (TPSA) is 88.9 Å². The fraction of sp³-hybridized carbons (Fsp3) is 0.0909.